The van der Waals surface area contributed by atoms with E-state index in [9.17, 15) is 13.6 Å². The first-order valence-corrected chi connectivity index (χ1v) is 7.87. The Morgan fingerprint density at radius 3 is 2.80 bits per heavy atom. The Morgan fingerprint density at radius 2 is 2.00 bits per heavy atom. The Morgan fingerprint density at radius 1 is 1.20 bits per heavy atom. The van der Waals surface area contributed by atoms with E-state index in [1.807, 2.05) is 6.07 Å². The molecule has 0 bridgehead atoms. The predicted molar refractivity (Wildman–Crippen MR) is 91.1 cm³/mol. The number of rotatable bonds is 2. The van der Waals surface area contributed by atoms with Crippen LogP contribution in [0, 0.1) is 11.6 Å². The summed E-state index contributed by atoms with van der Waals surface area (Å²) in [7, 11) is 0. The molecule has 1 aliphatic rings. The molecule has 0 spiro atoms. The van der Waals surface area contributed by atoms with Crippen molar-refractivity contribution in [1.29, 1.82) is 0 Å². The summed E-state index contributed by atoms with van der Waals surface area (Å²) in [6, 6.07) is 8.70. The molecule has 1 aromatic heterocycles. The largest absolute Gasteiger partial charge is 0.345 e. The van der Waals surface area contributed by atoms with E-state index in [2.05, 4.69) is 9.97 Å². The van der Waals surface area contributed by atoms with Crippen molar-refractivity contribution in [2.24, 2.45) is 0 Å². The van der Waals surface area contributed by atoms with E-state index in [1.54, 1.807) is 32.3 Å². The van der Waals surface area contributed by atoms with Crippen molar-refractivity contribution in [2.75, 3.05) is 4.90 Å². The quantitative estimate of drug-likeness (QED) is 0.757. The van der Waals surface area contributed by atoms with Crippen LogP contribution < -0.4 is 4.90 Å². The first-order valence-electron chi connectivity index (χ1n) is 7.87. The molecular formula is C19H15F2N3O. The highest BCUT2D eigenvalue weighted by Crippen LogP contribution is 2.42. The van der Waals surface area contributed by atoms with Crippen molar-refractivity contribution in [1.82, 2.24) is 9.97 Å². The summed E-state index contributed by atoms with van der Waals surface area (Å²) in [4.78, 5) is 21.5. The maximum absolute atomic E-state index is 14.4. The minimum atomic E-state index is -0.930. The van der Waals surface area contributed by atoms with Crippen LogP contribution >= 0.6 is 0 Å². The van der Waals surface area contributed by atoms with Crippen molar-refractivity contribution < 1.29 is 13.6 Å². The second-order valence-corrected chi connectivity index (χ2v) is 6.13. The predicted octanol–water partition coefficient (Wildman–Crippen LogP) is 4.27. The van der Waals surface area contributed by atoms with Gasteiger partial charge in [0.2, 0.25) is 0 Å². The van der Waals surface area contributed by atoms with Gasteiger partial charge in [0.15, 0.2) is 11.6 Å². The van der Waals surface area contributed by atoms with E-state index in [4.69, 9.17) is 0 Å². The molecule has 2 heterocycles. The zero-order chi connectivity index (χ0) is 17.7. The number of H-pyrrole nitrogens is 1. The summed E-state index contributed by atoms with van der Waals surface area (Å²) in [5.41, 5.74) is 3.52. The molecule has 0 saturated carbocycles. The van der Waals surface area contributed by atoms with Gasteiger partial charge in [0.05, 0.1) is 23.4 Å². The number of aromatic amines is 1. The maximum Gasteiger partial charge on any atom is 0.254 e. The van der Waals surface area contributed by atoms with E-state index in [0.29, 0.717) is 22.4 Å². The summed E-state index contributed by atoms with van der Waals surface area (Å²) in [5, 5.41) is 0. The minimum absolute atomic E-state index is 0.143. The SMILES string of the molecule is CC1=C(C)[C@H](c2cccc(F)c2F)N(c2ccc3[nH][14cH]nc3c2)C1=O. The first-order chi connectivity index (χ1) is 12.0. The van der Waals surface area contributed by atoms with E-state index >= 15 is 0 Å². The molecule has 0 aliphatic carbocycles. The van der Waals surface area contributed by atoms with Crippen LogP contribution in [0.15, 0.2) is 53.9 Å². The van der Waals surface area contributed by atoms with Crippen LogP contribution in [-0.2, 0) is 4.79 Å². The smallest absolute Gasteiger partial charge is 0.254 e. The lowest BCUT2D eigenvalue weighted by molar-refractivity contribution is -0.114. The number of amides is 1. The fourth-order valence-corrected chi connectivity index (χ4v) is 3.31. The summed E-state index contributed by atoms with van der Waals surface area (Å²) in [5.74, 6) is -2.08. The number of anilines is 1. The molecule has 0 unspecified atom stereocenters. The Labute approximate surface area is 142 Å². The fraction of sp³-hybridized carbons (Fsp3) is 0.158. The lowest BCUT2D eigenvalue weighted by Gasteiger charge is -2.27. The summed E-state index contributed by atoms with van der Waals surface area (Å²) < 4.78 is 28.2. The number of nitrogens with zero attached hydrogens (tertiary/aromatic N) is 2. The van der Waals surface area contributed by atoms with E-state index in [1.165, 1.54) is 17.0 Å². The van der Waals surface area contributed by atoms with Crippen LogP contribution in [0.2, 0.25) is 0 Å². The van der Waals surface area contributed by atoms with Gasteiger partial charge in [-0.05, 0) is 43.7 Å². The van der Waals surface area contributed by atoms with Crippen molar-refractivity contribution in [3.05, 3.63) is 71.1 Å². The second kappa shape index (κ2) is 5.51. The molecule has 0 fully saturated rings. The number of halogens is 2. The number of imidazole rings is 1. The molecule has 4 nitrogen and oxygen atoms in total. The number of aromatic nitrogens is 2. The summed E-state index contributed by atoms with van der Waals surface area (Å²) >= 11 is 0. The average molecular weight is 341 g/mol. The number of nitrogens with one attached hydrogen (secondary N) is 1. The number of hydrogen-bond donors (Lipinski definition) is 1. The third-order valence-corrected chi connectivity index (χ3v) is 4.76. The van der Waals surface area contributed by atoms with Gasteiger partial charge in [0, 0.05) is 16.8 Å². The van der Waals surface area contributed by atoms with Gasteiger partial charge in [-0.2, -0.15) is 0 Å². The van der Waals surface area contributed by atoms with Gasteiger partial charge in [-0.25, -0.2) is 13.8 Å². The molecule has 1 aliphatic heterocycles. The Kier molecular flexibility index (Phi) is 3.42. The molecule has 25 heavy (non-hydrogen) atoms. The van der Waals surface area contributed by atoms with Crippen molar-refractivity contribution in [3.63, 3.8) is 0 Å². The monoisotopic (exact) mass is 341 g/mol. The topological polar surface area (TPSA) is 49.0 Å². The van der Waals surface area contributed by atoms with Crippen LogP contribution in [0.4, 0.5) is 14.5 Å². The zero-order valence-electron chi connectivity index (χ0n) is 13.7. The molecule has 3 aromatic rings. The second-order valence-electron chi connectivity index (χ2n) is 6.13. The standard InChI is InChI=1S/C19H15F2N3O/c1-10-11(2)19(25)24(12-6-7-15-16(8-12)23-9-22-15)18(10)13-4-3-5-14(20)17(13)21/h3-9,18H,1-2H3,(H,22,23)/t18-/m1/s1/i9+2. The van der Waals surface area contributed by atoms with Gasteiger partial charge in [0.1, 0.15) is 0 Å². The highest BCUT2D eigenvalue weighted by atomic mass is 19.2. The zero-order valence-corrected chi connectivity index (χ0v) is 13.7. The molecule has 1 amide bonds. The molecule has 1 atom stereocenters. The molecular weight excluding hydrogens is 326 g/mol. The molecule has 126 valence electrons. The highest BCUT2D eigenvalue weighted by molar-refractivity contribution is 6.10. The van der Waals surface area contributed by atoms with Crippen LogP contribution in [0.1, 0.15) is 25.5 Å². The van der Waals surface area contributed by atoms with Crippen molar-refractivity contribution in [2.45, 2.75) is 19.9 Å². The molecule has 2 aromatic carbocycles. The Balaban J connectivity index is 1.90. The summed E-state index contributed by atoms with van der Waals surface area (Å²) in [6.07, 6.45) is 1.57. The number of carbonyl (C=O) groups excluding carboxylic acids is 1. The molecule has 6 heteroatoms. The Hall–Kier alpha value is -3.02. The van der Waals surface area contributed by atoms with E-state index in [0.717, 1.165) is 11.6 Å². The average Bonchev–Trinajstić information content (AvgIpc) is 3.15. The van der Waals surface area contributed by atoms with Crippen LogP contribution in [0.3, 0.4) is 0 Å². The Bertz CT molecular complexity index is 1040. The third-order valence-electron chi connectivity index (χ3n) is 4.76. The van der Waals surface area contributed by atoms with Crippen molar-refractivity contribution in [3.8, 4) is 0 Å². The highest BCUT2D eigenvalue weighted by Gasteiger charge is 2.38. The lowest BCUT2D eigenvalue weighted by atomic mass is 9.98. The minimum Gasteiger partial charge on any atom is -0.345 e. The fourth-order valence-electron chi connectivity index (χ4n) is 3.31. The van der Waals surface area contributed by atoms with Gasteiger partial charge in [-0.3, -0.25) is 9.69 Å². The van der Waals surface area contributed by atoms with Crippen LogP contribution in [0.25, 0.3) is 11.0 Å². The molecule has 0 saturated heterocycles. The third kappa shape index (κ3) is 2.25. The molecule has 4 rings (SSSR count). The van der Waals surface area contributed by atoms with Crippen LogP contribution in [-0.4, -0.2) is 15.9 Å². The van der Waals surface area contributed by atoms with Gasteiger partial charge in [-0.1, -0.05) is 12.1 Å². The number of fused-ring (bicyclic) bond motifs is 1. The summed E-state index contributed by atoms with van der Waals surface area (Å²) in [6.45, 7) is 3.48. The normalized spacial score (nSPS) is 17.8. The number of hydrogen-bond acceptors (Lipinski definition) is 2. The van der Waals surface area contributed by atoms with E-state index < -0.39 is 17.7 Å². The molecule has 1 N–H and O–H groups in total. The first kappa shape index (κ1) is 15.5. The molecule has 0 radical (unpaired) electrons. The van der Waals surface area contributed by atoms with Gasteiger partial charge < -0.3 is 4.98 Å². The van der Waals surface area contributed by atoms with Gasteiger partial charge in [0.25, 0.3) is 5.91 Å². The van der Waals surface area contributed by atoms with Crippen LogP contribution in [0.5, 0.6) is 0 Å². The van der Waals surface area contributed by atoms with Crippen molar-refractivity contribution >= 4 is 22.6 Å². The van der Waals surface area contributed by atoms with Gasteiger partial charge >= 0.3 is 0 Å². The van der Waals surface area contributed by atoms with Gasteiger partial charge in [-0.15, -0.1) is 0 Å². The number of benzene rings is 2. The maximum atomic E-state index is 14.4. The lowest BCUT2D eigenvalue weighted by Crippen LogP contribution is -2.30. The number of carbonyl (C=O) groups is 1. The van der Waals surface area contributed by atoms with E-state index in [-0.39, 0.29) is 11.5 Å².